The summed E-state index contributed by atoms with van der Waals surface area (Å²) in [6.07, 6.45) is -4.53. The van der Waals surface area contributed by atoms with E-state index in [1.807, 2.05) is 0 Å². The van der Waals surface area contributed by atoms with Crippen LogP contribution in [0.4, 0.5) is 13.2 Å². The fourth-order valence-corrected chi connectivity index (χ4v) is 3.95. The fourth-order valence-electron chi connectivity index (χ4n) is 3.95. The van der Waals surface area contributed by atoms with E-state index in [9.17, 15) is 27.6 Å². The minimum Gasteiger partial charge on any atom is -0.350 e. The Hall–Kier alpha value is -2.13. The predicted octanol–water partition coefficient (Wildman–Crippen LogP) is 3.15. The number of rotatable bonds is 6. The number of nitrogens with zero attached hydrogens (tertiary/aromatic N) is 1. The molecule has 2 saturated carbocycles. The maximum absolute atomic E-state index is 13.1. The first-order chi connectivity index (χ1) is 13.2. The summed E-state index contributed by atoms with van der Waals surface area (Å²) in [4.78, 5) is 41.8. The largest absolute Gasteiger partial charge is 0.433 e. The molecule has 2 aliphatic carbocycles. The second-order valence-electron chi connectivity index (χ2n) is 6.96. The molecular formula is C19H20F3NO5. The number of carbonyl (C=O) groups is 3. The van der Waals surface area contributed by atoms with Crippen molar-refractivity contribution in [2.45, 2.75) is 38.7 Å². The Bertz CT molecular complexity index is 785. The van der Waals surface area contributed by atoms with Crippen LogP contribution in [0.5, 0.6) is 0 Å². The summed E-state index contributed by atoms with van der Waals surface area (Å²) in [5.74, 6) is -3.97. The maximum Gasteiger partial charge on any atom is 0.433 e. The first kappa shape index (κ1) is 20.6. The number of fused-ring (bicyclic) bond motifs is 2. The molecule has 3 atom stereocenters. The third-order valence-electron chi connectivity index (χ3n) is 5.30. The van der Waals surface area contributed by atoms with E-state index in [-0.39, 0.29) is 29.7 Å². The lowest BCUT2D eigenvalue weighted by molar-refractivity contribution is -0.145. The number of halogens is 3. The molecule has 6 nitrogen and oxygen atoms in total. The highest BCUT2D eigenvalue weighted by Gasteiger charge is 2.50. The van der Waals surface area contributed by atoms with Gasteiger partial charge in [0, 0.05) is 31.1 Å². The molecule has 3 rings (SSSR count). The van der Waals surface area contributed by atoms with E-state index in [0.29, 0.717) is 25.3 Å². The summed E-state index contributed by atoms with van der Waals surface area (Å²) in [6, 6.07) is 1.59. The average Bonchev–Trinajstić information content (AvgIpc) is 3.10. The van der Waals surface area contributed by atoms with Crippen LogP contribution in [-0.4, -0.2) is 36.1 Å². The molecule has 9 heteroatoms. The minimum absolute atomic E-state index is 0.0928. The van der Waals surface area contributed by atoms with Gasteiger partial charge in [-0.05, 0) is 38.3 Å². The van der Waals surface area contributed by atoms with Crippen LogP contribution in [0.3, 0.4) is 0 Å². The van der Waals surface area contributed by atoms with Crippen molar-refractivity contribution in [2.24, 2.45) is 17.8 Å². The number of ketones is 3. The zero-order chi connectivity index (χ0) is 20.6. The van der Waals surface area contributed by atoms with Gasteiger partial charge < -0.3 is 9.47 Å². The minimum atomic E-state index is -4.74. The predicted molar refractivity (Wildman–Crippen MR) is 89.3 cm³/mol. The molecule has 0 saturated heterocycles. The van der Waals surface area contributed by atoms with Gasteiger partial charge in [-0.1, -0.05) is 0 Å². The van der Waals surface area contributed by atoms with Crippen molar-refractivity contribution >= 4 is 17.3 Å². The molecular weight excluding hydrogens is 379 g/mol. The molecule has 2 aliphatic rings. The summed E-state index contributed by atoms with van der Waals surface area (Å²) in [6.45, 7) is 1.70. The van der Waals surface area contributed by atoms with E-state index in [2.05, 4.69) is 4.98 Å². The number of aromatic nitrogens is 1. The van der Waals surface area contributed by atoms with E-state index in [0.717, 1.165) is 6.07 Å². The van der Waals surface area contributed by atoms with Gasteiger partial charge in [0.15, 0.2) is 17.3 Å². The molecule has 0 aromatic carbocycles. The quantitative estimate of drug-likeness (QED) is 0.415. The van der Waals surface area contributed by atoms with Gasteiger partial charge in [0.2, 0.25) is 6.29 Å². The van der Waals surface area contributed by atoms with Crippen molar-refractivity contribution in [3.63, 3.8) is 0 Å². The van der Waals surface area contributed by atoms with Crippen molar-refractivity contribution in [3.8, 4) is 0 Å². The summed E-state index contributed by atoms with van der Waals surface area (Å²) in [5, 5.41) is 0. The number of carbonyl (C=O) groups excluding carboxylic acids is 3. The molecule has 0 N–H and O–H groups in total. The molecule has 0 amide bonds. The monoisotopic (exact) mass is 399 g/mol. The third-order valence-corrected chi connectivity index (χ3v) is 5.30. The SMILES string of the molecule is CCOC(OC)c1nc(C(F)(F)F)ccc1C(=O)C1C(=O)C2CCC(C2)C1=O. The Balaban J connectivity index is 2.05. The zero-order valence-corrected chi connectivity index (χ0v) is 15.4. The fraction of sp³-hybridized carbons (Fsp3) is 0.579. The standard InChI is InChI=1S/C19H20F3NO5/c1-3-28-18(27-2)14-11(6-7-12(23-14)19(20,21)22)17(26)13-15(24)9-4-5-10(8-9)16(13)25/h6-7,9-10,13,18H,3-5,8H2,1-2H3. The Labute approximate surface area is 159 Å². The van der Waals surface area contributed by atoms with Gasteiger partial charge in [-0.25, -0.2) is 4.98 Å². The zero-order valence-electron chi connectivity index (χ0n) is 15.4. The second kappa shape index (κ2) is 7.71. The summed E-state index contributed by atoms with van der Waals surface area (Å²) in [7, 11) is 1.20. The highest BCUT2D eigenvalue weighted by Crippen LogP contribution is 2.42. The average molecular weight is 399 g/mol. The number of pyridine rings is 1. The van der Waals surface area contributed by atoms with Crippen molar-refractivity contribution in [1.29, 1.82) is 0 Å². The van der Waals surface area contributed by atoms with Crippen molar-refractivity contribution in [3.05, 3.63) is 29.1 Å². The van der Waals surface area contributed by atoms with Gasteiger partial charge in [0.25, 0.3) is 0 Å². The molecule has 0 radical (unpaired) electrons. The van der Waals surface area contributed by atoms with E-state index in [4.69, 9.17) is 9.47 Å². The van der Waals surface area contributed by atoms with E-state index in [1.165, 1.54) is 7.11 Å². The number of Topliss-reactive ketones (excluding diaryl/α,β-unsaturated/α-hetero) is 3. The van der Waals surface area contributed by atoms with Gasteiger partial charge >= 0.3 is 6.18 Å². The van der Waals surface area contributed by atoms with E-state index >= 15 is 0 Å². The normalized spacial score (nSPS) is 25.8. The molecule has 152 valence electrons. The van der Waals surface area contributed by atoms with Gasteiger partial charge in [-0.15, -0.1) is 0 Å². The van der Waals surface area contributed by atoms with Crippen LogP contribution in [0.2, 0.25) is 0 Å². The first-order valence-corrected chi connectivity index (χ1v) is 9.03. The topological polar surface area (TPSA) is 82.6 Å². The Kier molecular flexibility index (Phi) is 5.67. The Morgan fingerprint density at radius 1 is 1.21 bits per heavy atom. The molecule has 2 bridgehead atoms. The van der Waals surface area contributed by atoms with Crippen molar-refractivity contribution < 1.29 is 37.0 Å². The molecule has 0 spiro atoms. The molecule has 1 aromatic rings. The lowest BCUT2D eigenvalue weighted by atomic mass is 9.75. The number of methoxy groups -OCH3 is 1. The van der Waals surface area contributed by atoms with Crippen LogP contribution < -0.4 is 0 Å². The molecule has 2 fully saturated rings. The molecule has 3 unspecified atom stereocenters. The van der Waals surface area contributed by atoms with E-state index in [1.54, 1.807) is 6.92 Å². The molecule has 1 aromatic heterocycles. The van der Waals surface area contributed by atoms with Crippen LogP contribution in [0.1, 0.15) is 54.2 Å². The smallest absolute Gasteiger partial charge is 0.350 e. The first-order valence-electron chi connectivity index (χ1n) is 9.03. The van der Waals surface area contributed by atoms with Crippen LogP contribution in [0.25, 0.3) is 0 Å². The molecule has 0 aliphatic heterocycles. The lowest BCUT2D eigenvalue weighted by Crippen LogP contribution is -2.42. The van der Waals surface area contributed by atoms with Crippen molar-refractivity contribution in [2.75, 3.05) is 13.7 Å². The van der Waals surface area contributed by atoms with Crippen LogP contribution in [0, 0.1) is 17.8 Å². The number of hydrogen-bond acceptors (Lipinski definition) is 6. The highest BCUT2D eigenvalue weighted by molar-refractivity contribution is 6.26. The number of alkyl halides is 3. The summed E-state index contributed by atoms with van der Waals surface area (Å²) >= 11 is 0. The van der Waals surface area contributed by atoms with E-state index < -0.39 is 41.4 Å². The van der Waals surface area contributed by atoms with Crippen LogP contribution in [0.15, 0.2) is 12.1 Å². The summed E-state index contributed by atoms with van der Waals surface area (Å²) in [5.41, 5.74) is -1.87. The van der Waals surface area contributed by atoms with Crippen molar-refractivity contribution in [1.82, 2.24) is 4.98 Å². The lowest BCUT2D eigenvalue weighted by Gasteiger charge is -2.26. The Morgan fingerprint density at radius 3 is 2.32 bits per heavy atom. The van der Waals surface area contributed by atoms with Crippen LogP contribution in [-0.2, 0) is 25.2 Å². The molecule has 1 heterocycles. The highest BCUT2D eigenvalue weighted by atomic mass is 19.4. The third kappa shape index (κ3) is 3.60. The van der Waals surface area contributed by atoms with Gasteiger partial charge in [-0.3, -0.25) is 14.4 Å². The second-order valence-corrected chi connectivity index (χ2v) is 6.96. The van der Waals surface area contributed by atoms with Crippen LogP contribution >= 0.6 is 0 Å². The number of hydrogen-bond donors (Lipinski definition) is 0. The summed E-state index contributed by atoms with van der Waals surface area (Å²) < 4.78 is 49.6. The maximum atomic E-state index is 13.1. The number of ether oxygens (including phenoxy) is 2. The van der Waals surface area contributed by atoms with Gasteiger partial charge in [0.05, 0.1) is 0 Å². The molecule has 28 heavy (non-hydrogen) atoms. The van der Waals surface area contributed by atoms with Gasteiger partial charge in [-0.2, -0.15) is 13.2 Å². The Morgan fingerprint density at radius 2 is 1.82 bits per heavy atom. The van der Waals surface area contributed by atoms with Gasteiger partial charge in [0.1, 0.15) is 17.3 Å².